The van der Waals surface area contributed by atoms with E-state index in [9.17, 15) is 44.1 Å². The summed E-state index contributed by atoms with van der Waals surface area (Å²) in [5.41, 5.74) is 0. The number of quaternary nitrogens is 3. The van der Waals surface area contributed by atoms with Crippen LogP contribution in [0.2, 0.25) is 0 Å². The molecule has 0 saturated heterocycles. The third kappa shape index (κ3) is 80.4. The predicted octanol–water partition coefficient (Wildman–Crippen LogP) is 22.6. The van der Waals surface area contributed by atoms with E-state index in [1.54, 1.807) is 0 Å². The van der Waals surface area contributed by atoms with Crippen molar-refractivity contribution < 1.29 is 103 Å². The molecule has 0 amide bonds. The Morgan fingerprint density at radius 1 is 0.250 bits per heavy atom. The van der Waals surface area contributed by atoms with Crippen LogP contribution in [0.25, 0.3) is 0 Å². The molecule has 0 spiro atoms. The normalized spacial score (nSPS) is 13.9. The standard InChI is InChI=1S/C105H200N3O15.BrH/c1-13-19-25-28-31-34-43-52-61-73-85-106(7,8)88-103(115)121-97(79-64-22-16-4)94(109)76-67-55-46-37-40-49-58-70-82-100(112)118-91-93(120-102(114)84-72-60-51-42-39-48-57-69-78-96(111)99(81-66-24-18-6)123-105(117)90-108(11,12)87-75-63-54-45-36-33-30-27-21-15-3)92-119-101(113)83-71-59-50-41-38-47-56-68-77-95(110)98(80-65-23-17-5)122-104(116)89-107(9,10)86-74-62-53-44-35-32-29-26-20-14-2;/h55-57,67-69,93-99,109-111H,13-54,58-66,70-92H2,1-12H3;1H/q+3;/p-1/b67-55+,68-56+,69-57+;. The lowest BCUT2D eigenvalue weighted by Gasteiger charge is -2.30. The van der Waals surface area contributed by atoms with Crippen LogP contribution in [0, 0.1) is 0 Å². The smallest absolute Gasteiger partial charge is 0.362 e. The van der Waals surface area contributed by atoms with Crippen LogP contribution in [0.4, 0.5) is 0 Å². The maximum Gasteiger partial charge on any atom is 0.362 e. The molecule has 19 heteroatoms. The minimum Gasteiger partial charge on any atom is -1.00 e. The minimum atomic E-state index is -0.932. The van der Waals surface area contributed by atoms with Crippen LogP contribution in [0.1, 0.15) is 465 Å². The van der Waals surface area contributed by atoms with E-state index >= 15 is 0 Å². The molecule has 3 N–H and O–H groups in total. The second-order valence-electron chi connectivity index (χ2n) is 38.8. The van der Waals surface area contributed by atoms with Crippen LogP contribution in [-0.4, -0.2) is 202 Å². The quantitative estimate of drug-likeness (QED) is 0.0170. The van der Waals surface area contributed by atoms with Gasteiger partial charge in [0.25, 0.3) is 0 Å². The van der Waals surface area contributed by atoms with Gasteiger partial charge in [0.05, 0.1) is 80.2 Å². The van der Waals surface area contributed by atoms with Gasteiger partial charge < -0.3 is 74.2 Å². The Labute approximate surface area is 773 Å². The zero-order chi connectivity index (χ0) is 90.8. The molecule has 0 aliphatic rings. The average molecular weight is 1820 g/mol. The first-order valence-electron chi connectivity index (χ1n) is 51.9. The molecular weight excluding hydrogens is 1620 g/mol. The summed E-state index contributed by atoms with van der Waals surface area (Å²) >= 11 is 0. The highest BCUT2D eigenvalue weighted by atomic mass is 79.9. The summed E-state index contributed by atoms with van der Waals surface area (Å²) in [6, 6.07) is 0. The van der Waals surface area contributed by atoms with Crippen LogP contribution in [-0.2, 0) is 57.2 Å². The summed E-state index contributed by atoms with van der Waals surface area (Å²) < 4.78 is 37.0. The highest BCUT2D eigenvalue weighted by Crippen LogP contribution is 2.24. The van der Waals surface area contributed by atoms with E-state index in [4.69, 9.17) is 28.4 Å². The molecule has 0 aromatic carbocycles. The fourth-order valence-electron chi connectivity index (χ4n) is 16.3. The van der Waals surface area contributed by atoms with Gasteiger partial charge in [-0.25, -0.2) is 14.4 Å². The van der Waals surface area contributed by atoms with E-state index < -0.39 is 60.6 Å². The molecular formula is C105H200BrN3O15+2. The highest BCUT2D eigenvalue weighted by Gasteiger charge is 2.31. The number of esters is 6. The van der Waals surface area contributed by atoms with Gasteiger partial charge >= 0.3 is 35.8 Å². The Balaban J connectivity index is 0. The first-order chi connectivity index (χ1) is 59.4. The number of rotatable bonds is 92. The Kier molecular flexibility index (Phi) is 84.9. The lowest BCUT2D eigenvalue weighted by atomic mass is 10.0. The van der Waals surface area contributed by atoms with Crippen LogP contribution in [0.15, 0.2) is 36.5 Å². The molecule has 0 bridgehead atoms. The number of aliphatic hydroxyl groups excluding tert-OH is 3. The number of carbonyl (C=O) groups excluding carboxylic acids is 6. The van der Waals surface area contributed by atoms with E-state index in [0.29, 0.717) is 90.9 Å². The Morgan fingerprint density at radius 2 is 0.460 bits per heavy atom. The predicted molar refractivity (Wildman–Crippen MR) is 511 cm³/mol. The van der Waals surface area contributed by atoms with Gasteiger partial charge in [0.1, 0.15) is 31.5 Å². The van der Waals surface area contributed by atoms with Gasteiger partial charge in [0, 0.05) is 19.3 Å². The summed E-state index contributed by atoms with van der Waals surface area (Å²) in [4.78, 5) is 79.4. The van der Waals surface area contributed by atoms with E-state index in [2.05, 4.69) is 102 Å². The Bertz CT molecular complexity index is 2450. The Morgan fingerprint density at radius 3 is 0.710 bits per heavy atom. The third-order valence-corrected chi connectivity index (χ3v) is 24.5. The second kappa shape index (κ2) is 86.0. The topological polar surface area (TPSA) is 218 Å². The molecule has 18 nitrogen and oxygen atoms in total. The molecule has 730 valence electrons. The van der Waals surface area contributed by atoms with Gasteiger partial charge in [0.2, 0.25) is 0 Å². The number of aliphatic hydroxyl groups is 3. The Hall–Kier alpha value is -3.72. The first-order valence-corrected chi connectivity index (χ1v) is 51.9. The number of likely N-dealkylation sites (N-methyl/N-ethyl adjacent to an activating group) is 3. The number of ether oxygens (including phenoxy) is 6. The molecule has 0 aromatic heterocycles. The van der Waals surface area contributed by atoms with Gasteiger partial charge in [0.15, 0.2) is 25.7 Å². The van der Waals surface area contributed by atoms with Crippen molar-refractivity contribution in [3.8, 4) is 0 Å². The fraction of sp³-hybridized carbons (Fsp3) is 0.886. The van der Waals surface area contributed by atoms with Crippen molar-refractivity contribution in [2.24, 2.45) is 0 Å². The van der Waals surface area contributed by atoms with Crippen molar-refractivity contribution in [3.05, 3.63) is 36.5 Å². The van der Waals surface area contributed by atoms with Crippen molar-refractivity contribution in [1.82, 2.24) is 0 Å². The van der Waals surface area contributed by atoms with Crippen molar-refractivity contribution in [3.63, 3.8) is 0 Å². The molecule has 0 aromatic rings. The van der Waals surface area contributed by atoms with Crippen LogP contribution >= 0.6 is 0 Å². The molecule has 6 atom stereocenters. The molecule has 0 aliphatic heterocycles. The van der Waals surface area contributed by atoms with Crippen molar-refractivity contribution in [2.75, 3.05) is 94.8 Å². The zero-order valence-electron chi connectivity index (χ0n) is 82.8. The summed E-state index contributed by atoms with van der Waals surface area (Å²) in [6.07, 6.45) is 74.6. The number of hydrogen-bond donors (Lipinski definition) is 3. The number of nitrogens with zero attached hydrogens (tertiary/aromatic N) is 3. The lowest BCUT2D eigenvalue weighted by Crippen LogP contribution is -3.00. The van der Waals surface area contributed by atoms with Crippen molar-refractivity contribution in [2.45, 2.75) is 508 Å². The third-order valence-electron chi connectivity index (χ3n) is 24.5. The zero-order valence-corrected chi connectivity index (χ0v) is 84.4. The second-order valence-corrected chi connectivity index (χ2v) is 38.8. The maximum atomic E-state index is 13.3. The molecule has 0 saturated carbocycles. The number of carbonyl (C=O) groups is 6. The van der Waals surface area contributed by atoms with E-state index in [0.717, 1.165) is 193 Å². The number of halogens is 1. The van der Waals surface area contributed by atoms with Gasteiger partial charge in [-0.15, -0.1) is 0 Å². The SMILES string of the molecule is CCCCCCCCCCCC[N+](C)(C)CC(=O)OC(CCCCC)C(O)C/C=C/CCCCCCCC(=O)OCC(COC(=O)CCCCCCC/C=C/CC(O)C(CCCCC)OC(=O)C[N+](C)(C)CCCCCCCCCCCC)OC(=O)CCCCCCC/C=C/CC(O)C(CCCCC)OC(=O)C[N+](C)(C)CCCCCCCCCCCC.[Br-]. The van der Waals surface area contributed by atoms with Crippen molar-refractivity contribution >= 4 is 35.8 Å². The summed E-state index contributed by atoms with van der Waals surface area (Å²) in [5.74, 6) is -1.93. The van der Waals surface area contributed by atoms with E-state index in [1.807, 2.05) is 18.2 Å². The first kappa shape index (κ1) is 122. The number of allylic oxidation sites excluding steroid dienone is 3. The van der Waals surface area contributed by atoms with Crippen molar-refractivity contribution in [1.29, 1.82) is 0 Å². The van der Waals surface area contributed by atoms with Gasteiger partial charge in [-0.1, -0.05) is 328 Å². The molecule has 6 unspecified atom stereocenters. The monoisotopic (exact) mass is 1820 g/mol. The molecule has 124 heavy (non-hydrogen) atoms. The van der Waals surface area contributed by atoms with Gasteiger partial charge in [-0.2, -0.15) is 0 Å². The highest BCUT2D eigenvalue weighted by molar-refractivity contribution is 5.72. The van der Waals surface area contributed by atoms with E-state index in [1.165, 1.54) is 173 Å². The number of hydrogen-bond acceptors (Lipinski definition) is 15. The summed E-state index contributed by atoms with van der Waals surface area (Å²) in [5, 5.41) is 33.8. The molecule has 0 rings (SSSR count). The van der Waals surface area contributed by atoms with Crippen LogP contribution in [0.3, 0.4) is 0 Å². The van der Waals surface area contributed by atoms with Gasteiger partial charge in [-0.3, -0.25) is 14.4 Å². The molecule has 0 aliphatic carbocycles. The van der Waals surface area contributed by atoms with E-state index in [-0.39, 0.29) is 67.4 Å². The van der Waals surface area contributed by atoms with Crippen LogP contribution < -0.4 is 17.0 Å². The minimum absolute atomic E-state index is 0. The molecule has 0 fully saturated rings. The fourth-order valence-corrected chi connectivity index (χ4v) is 16.3. The largest absolute Gasteiger partial charge is 1.00 e. The number of unbranched alkanes of at least 4 members (excludes halogenated alkanes) is 48. The lowest BCUT2D eigenvalue weighted by molar-refractivity contribution is -0.883. The molecule has 0 radical (unpaired) electrons. The van der Waals surface area contributed by atoms with Crippen LogP contribution in [0.5, 0.6) is 0 Å². The average Bonchev–Trinajstić information content (AvgIpc) is 0.894. The summed E-state index contributed by atoms with van der Waals surface area (Å²) in [6.45, 7) is 16.5. The summed E-state index contributed by atoms with van der Waals surface area (Å²) in [7, 11) is 12.6. The molecule has 0 heterocycles. The maximum absolute atomic E-state index is 13.3. The van der Waals surface area contributed by atoms with Gasteiger partial charge in [-0.05, 0) is 154 Å².